The number of rotatable bonds is 7. The highest BCUT2D eigenvalue weighted by Gasteiger charge is 2.56. The van der Waals surface area contributed by atoms with Gasteiger partial charge in [-0.05, 0) is 61.4 Å². The first-order valence-corrected chi connectivity index (χ1v) is 12.4. The molecule has 182 valence electrons. The van der Waals surface area contributed by atoms with Gasteiger partial charge in [-0.25, -0.2) is 4.39 Å². The van der Waals surface area contributed by atoms with Crippen molar-refractivity contribution in [2.45, 2.75) is 32.4 Å². The van der Waals surface area contributed by atoms with Gasteiger partial charge in [-0.15, -0.1) is 0 Å². The number of carbonyl (C=O) groups is 1. The van der Waals surface area contributed by atoms with E-state index in [2.05, 4.69) is 49.2 Å². The Balaban J connectivity index is 1.57. The number of halogens is 1. The number of aromatic nitrogens is 1. The number of quaternary nitrogens is 1. The number of nitrogens with zero attached hydrogens (tertiary/aromatic N) is 2. The minimum atomic E-state index is -0.585. The number of ether oxygens (including phenoxy) is 1. The van der Waals surface area contributed by atoms with Crippen LogP contribution in [0.4, 0.5) is 4.39 Å². The van der Waals surface area contributed by atoms with Gasteiger partial charge in [0.25, 0.3) is 5.72 Å². The summed E-state index contributed by atoms with van der Waals surface area (Å²) < 4.78 is 21.4. The van der Waals surface area contributed by atoms with E-state index in [1.807, 2.05) is 29.3 Å². The molecule has 5 nitrogen and oxygen atoms in total. The molecule has 5 rings (SSSR count). The second-order valence-electron chi connectivity index (χ2n) is 9.86. The molecule has 1 N–H and O–H groups in total. The SMILES string of the molecule is CC1=C(C)C(Oc2ccc3[nH]ccc3c2)([N+]2(CCc3ccc(F)cc3)CCN(C=O)CC2)CC=C1. The zero-order valence-electron chi connectivity index (χ0n) is 20.5. The van der Waals surface area contributed by atoms with Crippen LogP contribution in [-0.2, 0) is 11.2 Å². The van der Waals surface area contributed by atoms with E-state index >= 15 is 0 Å². The number of hydrogen-bond donors (Lipinski definition) is 1. The van der Waals surface area contributed by atoms with Gasteiger partial charge in [0, 0.05) is 29.1 Å². The molecular formula is C29H33FN3O2+. The van der Waals surface area contributed by atoms with Crippen LogP contribution in [0.25, 0.3) is 10.9 Å². The van der Waals surface area contributed by atoms with Gasteiger partial charge in [0.05, 0.1) is 39.1 Å². The highest BCUT2D eigenvalue weighted by Crippen LogP contribution is 2.43. The molecule has 2 aliphatic rings. The Morgan fingerprint density at radius 1 is 1.11 bits per heavy atom. The zero-order valence-corrected chi connectivity index (χ0v) is 20.5. The van der Waals surface area contributed by atoms with E-state index in [1.54, 1.807) is 0 Å². The first kappa shape index (κ1) is 23.4. The summed E-state index contributed by atoms with van der Waals surface area (Å²) in [5, 5.41) is 1.12. The van der Waals surface area contributed by atoms with Crippen LogP contribution in [-0.4, -0.2) is 59.2 Å². The lowest BCUT2D eigenvalue weighted by molar-refractivity contribution is -0.992. The van der Waals surface area contributed by atoms with Crippen molar-refractivity contribution in [3.63, 3.8) is 0 Å². The van der Waals surface area contributed by atoms with Crippen LogP contribution >= 0.6 is 0 Å². The molecule has 1 saturated heterocycles. The van der Waals surface area contributed by atoms with Crippen molar-refractivity contribution >= 4 is 17.3 Å². The van der Waals surface area contributed by atoms with E-state index in [-0.39, 0.29) is 5.82 Å². The van der Waals surface area contributed by atoms with Crippen molar-refractivity contribution < 1.29 is 18.4 Å². The second-order valence-corrected chi connectivity index (χ2v) is 9.86. The first-order chi connectivity index (χ1) is 16.9. The maximum atomic E-state index is 13.5. The molecule has 1 fully saturated rings. The van der Waals surface area contributed by atoms with Crippen LogP contribution in [0.15, 0.2) is 78.0 Å². The largest absolute Gasteiger partial charge is 0.436 e. The van der Waals surface area contributed by atoms with E-state index in [1.165, 1.54) is 23.3 Å². The Bertz CT molecular complexity index is 1270. The number of H-pyrrole nitrogens is 1. The summed E-state index contributed by atoms with van der Waals surface area (Å²) in [7, 11) is 0. The maximum absolute atomic E-state index is 13.5. The molecular weight excluding hydrogens is 441 g/mol. The van der Waals surface area contributed by atoms with E-state index < -0.39 is 5.72 Å². The lowest BCUT2D eigenvalue weighted by atomic mass is 9.85. The fraction of sp³-hybridized carbons (Fsp3) is 0.345. The summed E-state index contributed by atoms with van der Waals surface area (Å²) in [5.41, 5.74) is 4.05. The summed E-state index contributed by atoms with van der Waals surface area (Å²) in [5.74, 6) is 0.626. The molecule has 0 bridgehead atoms. The topological polar surface area (TPSA) is 45.3 Å². The Morgan fingerprint density at radius 2 is 1.89 bits per heavy atom. The summed E-state index contributed by atoms with van der Waals surface area (Å²) in [6.45, 7) is 8.14. The Kier molecular flexibility index (Phi) is 6.24. The second kappa shape index (κ2) is 9.34. The van der Waals surface area contributed by atoms with Crippen LogP contribution in [0.2, 0.25) is 0 Å². The summed E-state index contributed by atoms with van der Waals surface area (Å²) in [6, 6.07) is 15.1. The number of carbonyl (C=O) groups excluding carboxylic acids is 1. The summed E-state index contributed by atoms with van der Waals surface area (Å²) >= 11 is 0. The Hall–Kier alpha value is -3.38. The molecule has 3 aromatic rings. The van der Waals surface area contributed by atoms with Crippen molar-refractivity contribution in [2.24, 2.45) is 0 Å². The van der Waals surface area contributed by atoms with Crippen molar-refractivity contribution in [3.8, 4) is 5.75 Å². The van der Waals surface area contributed by atoms with Crippen molar-refractivity contribution in [3.05, 3.63) is 89.4 Å². The molecule has 2 heterocycles. The third-order valence-corrected chi connectivity index (χ3v) is 8.04. The molecule has 0 spiro atoms. The van der Waals surface area contributed by atoms with Crippen molar-refractivity contribution in [1.82, 2.24) is 9.88 Å². The standard InChI is InChI=1S/C29H33FN3O2/c1-22-4-3-13-29(23(22)2,35-27-9-10-28-25(20-27)11-14-31-28)33(18-15-32(21-34)16-19-33)17-12-24-5-7-26(30)8-6-24/h3-11,14,20-21,31H,12-13,15-19H2,1-2H3/q+1. The number of piperazine rings is 1. The predicted octanol–water partition coefficient (Wildman–Crippen LogP) is 5.21. The normalized spacial score (nSPS) is 22.0. The van der Waals surface area contributed by atoms with E-state index in [9.17, 15) is 9.18 Å². The van der Waals surface area contributed by atoms with Gasteiger partial charge in [0.1, 0.15) is 11.6 Å². The smallest absolute Gasteiger partial charge is 0.269 e. The van der Waals surface area contributed by atoms with Crippen molar-refractivity contribution in [2.75, 3.05) is 32.7 Å². The van der Waals surface area contributed by atoms with E-state index in [0.717, 1.165) is 61.1 Å². The van der Waals surface area contributed by atoms with Crippen LogP contribution in [0.5, 0.6) is 5.75 Å². The lowest BCUT2D eigenvalue weighted by Crippen LogP contribution is -2.73. The van der Waals surface area contributed by atoms with Crippen LogP contribution in [0.3, 0.4) is 0 Å². The summed E-state index contributed by atoms with van der Waals surface area (Å²) in [4.78, 5) is 16.7. The third kappa shape index (κ3) is 4.27. The minimum Gasteiger partial charge on any atom is -0.436 e. The highest BCUT2D eigenvalue weighted by molar-refractivity contribution is 5.80. The minimum absolute atomic E-state index is 0.219. The molecule has 6 heteroatoms. The summed E-state index contributed by atoms with van der Waals surface area (Å²) in [6.07, 6.45) is 8.87. The molecule has 1 amide bonds. The number of nitrogens with one attached hydrogen (secondary N) is 1. The van der Waals surface area contributed by atoms with Crippen LogP contribution in [0, 0.1) is 5.82 Å². The number of amides is 1. The molecule has 1 unspecified atom stereocenters. The molecule has 1 atom stereocenters. The quantitative estimate of drug-likeness (QED) is 0.377. The fourth-order valence-electron chi connectivity index (χ4n) is 5.76. The average Bonchev–Trinajstić information content (AvgIpc) is 3.35. The number of benzene rings is 2. The average molecular weight is 475 g/mol. The zero-order chi connectivity index (χ0) is 24.5. The molecule has 1 aromatic heterocycles. The van der Waals surface area contributed by atoms with Crippen LogP contribution < -0.4 is 4.74 Å². The van der Waals surface area contributed by atoms with Gasteiger partial charge in [0.2, 0.25) is 6.41 Å². The lowest BCUT2D eigenvalue weighted by Gasteiger charge is -2.56. The van der Waals surface area contributed by atoms with Gasteiger partial charge in [-0.2, -0.15) is 0 Å². The van der Waals surface area contributed by atoms with Gasteiger partial charge < -0.3 is 14.6 Å². The molecule has 2 aromatic carbocycles. The molecule has 0 saturated carbocycles. The molecule has 0 radical (unpaired) electrons. The number of fused-ring (bicyclic) bond motifs is 1. The Morgan fingerprint density at radius 3 is 2.63 bits per heavy atom. The van der Waals surface area contributed by atoms with Gasteiger partial charge in [0.15, 0.2) is 0 Å². The molecule has 1 aliphatic heterocycles. The fourth-order valence-corrected chi connectivity index (χ4v) is 5.76. The van der Waals surface area contributed by atoms with E-state index in [4.69, 9.17) is 4.74 Å². The van der Waals surface area contributed by atoms with Crippen LogP contribution in [0.1, 0.15) is 25.8 Å². The Labute approximate surface area is 206 Å². The van der Waals surface area contributed by atoms with E-state index in [0.29, 0.717) is 17.6 Å². The highest BCUT2D eigenvalue weighted by atomic mass is 19.1. The van der Waals surface area contributed by atoms with Gasteiger partial charge in [-0.3, -0.25) is 9.28 Å². The molecule has 35 heavy (non-hydrogen) atoms. The monoisotopic (exact) mass is 474 g/mol. The van der Waals surface area contributed by atoms with Gasteiger partial charge in [-0.1, -0.05) is 24.3 Å². The third-order valence-electron chi connectivity index (χ3n) is 8.04. The first-order valence-electron chi connectivity index (χ1n) is 12.4. The van der Waals surface area contributed by atoms with Gasteiger partial charge >= 0.3 is 0 Å². The number of aromatic amines is 1. The number of hydrogen-bond acceptors (Lipinski definition) is 2. The molecule has 1 aliphatic carbocycles. The predicted molar refractivity (Wildman–Crippen MR) is 136 cm³/mol. The van der Waals surface area contributed by atoms with Crippen molar-refractivity contribution in [1.29, 1.82) is 0 Å². The maximum Gasteiger partial charge on any atom is 0.269 e. The number of allylic oxidation sites excluding steroid dienone is 2.